The van der Waals surface area contributed by atoms with Gasteiger partial charge < -0.3 is 15.0 Å². The van der Waals surface area contributed by atoms with Crippen molar-refractivity contribution in [2.75, 3.05) is 11.9 Å². The number of hydrogen-bond donors (Lipinski definition) is 1. The molecule has 0 radical (unpaired) electrons. The molecule has 9 heteroatoms. The van der Waals surface area contributed by atoms with E-state index in [0.29, 0.717) is 11.3 Å². The summed E-state index contributed by atoms with van der Waals surface area (Å²) in [5.41, 5.74) is -0.219. The minimum Gasteiger partial charge on any atom is -0.448 e. The van der Waals surface area contributed by atoms with Crippen molar-refractivity contribution >= 4 is 23.7 Å². The van der Waals surface area contributed by atoms with Crippen molar-refractivity contribution in [3.63, 3.8) is 0 Å². The molecule has 1 N–H and O–H groups in total. The molecule has 0 bridgehead atoms. The fraction of sp³-hybridized carbons (Fsp3) is 0.455. The molecule has 1 aromatic heterocycles. The molecule has 0 saturated heterocycles. The number of fused-ring (bicyclic) bond motifs is 1. The molecule has 0 aliphatic carbocycles. The molecular weight excluding hydrogens is 403 g/mol. The zero-order chi connectivity index (χ0) is 23.1. The molecule has 2 amide bonds. The summed E-state index contributed by atoms with van der Waals surface area (Å²) in [5.74, 6) is -0.897. The largest absolute Gasteiger partial charge is 0.448 e. The lowest BCUT2D eigenvalue weighted by molar-refractivity contribution is -0.145. The van der Waals surface area contributed by atoms with Crippen molar-refractivity contribution in [2.45, 2.75) is 53.6 Å². The molecule has 8 nitrogen and oxygen atoms in total. The summed E-state index contributed by atoms with van der Waals surface area (Å²) in [6.45, 7) is 11.1. The second kappa shape index (κ2) is 7.79. The van der Waals surface area contributed by atoms with Crippen LogP contribution in [0.5, 0.6) is 0 Å². The van der Waals surface area contributed by atoms with Crippen LogP contribution in [0.25, 0.3) is 0 Å². The van der Waals surface area contributed by atoms with Gasteiger partial charge in [0.15, 0.2) is 5.82 Å². The number of nitrogens with zero attached hydrogens (tertiary/aromatic N) is 3. The van der Waals surface area contributed by atoms with E-state index in [9.17, 15) is 18.8 Å². The summed E-state index contributed by atoms with van der Waals surface area (Å²) in [7, 11) is 0. The Morgan fingerprint density at radius 3 is 2.35 bits per heavy atom. The average Bonchev–Trinajstić information content (AvgIpc) is 3.16. The molecule has 0 fully saturated rings. The fourth-order valence-corrected chi connectivity index (χ4v) is 3.64. The van der Waals surface area contributed by atoms with Crippen molar-refractivity contribution in [3.8, 4) is 0 Å². The van der Waals surface area contributed by atoms with E-state index in [1.165, 1.54) is 24.3 Å². The van der Waals surface area contributed by atoms with Crippen molar-refractivity contribution in [1.29, 1.82) is 0 Å². The third-order valence-corrected chi connectivity index (χ3v) is 5.22. The number of halogens is 1. The van der Waals surface area contributed by atoms with Gasteiger partial charge in [0.25, 0.3) is 5.91 Å². The monoisotopic (exact) mass is 430 g/mol. The minimum absolute atomic E-state index is 0.0973. The summed E-state index contributed by atoms with van der Waals surface area (Å²) in [4.78, 5) is 40.0. The van der Waals surface area contributed by atoms with Gasteiger partial charge in [-0.2, -0.15) is 4.68 Å². The number of amides is 2. The lowest BCUT2D eigenvalue weighted by atomic mass is 9.91. The number of ether oxygens (including phenoxy) is 1. The maximum Gasteiger partial charge on any atom is 0.435 e. The number of aromatic nitrogens is 2. The lowest BCUT2D eigenvalue weighted by Gasteiger charge is -2.36. The van der Waals surface area contributed by atoms with Crippen molar-refractivity contribution in [3.05, 3.63) is 46.9 Å². The molecule has 1 aliphatic rings. The van der Waals surface area contributed by atoms with Gasteiger partial charge in [0.2, 0.25) is 5.91 Å². The standard InChI is InChI=1S/C22H27FN4O4/c1-7-31-20(30)27-16-15(12-26(22(16,5)6)19(29)21(2,3)4)17(25-27)24-18(28)13-8-10-14(23)11-9-13/h8-11H,7,12H2,1-6H3,(H,24,25,28). The second-order valence-electron chi connectivity index (χ2n) is 8.95. The Morgan fingerprint density at radius 1 is 1.19 bits per heavy atom. The maximum absolute atomic E-state index is 13.2. The average molecular weight is 430 g/mol. The first kappa shape index (κ1) is 22.5. The maximum atomic E-state index is 13.2. The third kappa shape index (κ3) is 4.04. The van der Waals surface area contributed by atoms with E-state index in [1.807, 2.05) is 34.6 Å². The first-order valence-corrected chi connectivity index (χ1v) is 10.1. The van der Waals surface area contributed by atoms with Gasteiger partial charge in [-0.15, -0.1) is 5.10 Å². The number of carbonyl (C=O) groups excluding carboxylic acids is 3. The van der Waals surface area contributed by atoms with Crippen molar-refractivity contribution in [1.82, 2.24) is 14.7 Å². The SMILES string of the molecule is CCOC(=O)n1nc(NC(=O)c2ccc(F)cc2)c2c1C(C)(C)N(C(=O)C(C)(C)C)C2. The number of nitrogens with one attached hydrogen (secondary N) is 1. The minimum atomic E-state index is -0.863. The van der Waals surface area contributed by atoms with Crippen LogP contribution in [0.4, 0.5) is 15.0 Å². The molecule has 1 aliphatic heterocycles. The Labute approximate surface area is 180 Å². The first-order chi connectivity index (χ1) is 14.4. The summed E-state index contributed by atoms with van der Waals surface area (Å²) in [6.07, 6.45) is -0.695. The number of rotatable bonds is 3. The van der Waals surface area contributed by atoms with E-state index in [2.05, 4.69) is 10.4 Å². The lowest BCUT2D eigenvalue weighted by Crippen LogP contribution is -2.47. The Bertz CT molecular complexity index is 1040. The van der Waals surface area contributed by atoms with Gasteiger partial charge >= 0.3 is 6.09 Å². The highest BCUT2D eigenvalue weighted by atomic mass is 19.1. The van der Waals surface area contributed by atoms with Crippen LogP contribution in [0.1, 0.15) is 63.2 Å². The Hall–Kier alpha value is -3.23. The molecule has 2 heterocycles. The van der Waals surface area contributed by atoms with Gasteiger partial charge in [0.05, 0.1) is 24.4 Å². The zero-order valence-electron chi connectivity index (χ0n) is 18.6. The topological polar surface area (TPSA) is 93.5 Å². The van der Waals surface area contributed by atoms with Crippen LogP contribution in [0.15, 0.2) is 24.3 Å². The van der Waals surface area contributed by atoms with Crippen molar-refractivity contribution < 1.29 is 23.5 Å². The highest BCUT2D eigenvalue weighted by Gasteiger charge is 2.48. The van der Waals surface area contributed by atoms with Gasteiger partial charge in [-0.1, -0.05) is 20.8 Å². The van der Waals surface area contributed by atoms with E-state index in [0.717, 1.165) is 4.68 Å². The highest BCUT2D eigenvalue weighted by Crippen LogP contribution is 2.44. The van der Waals surface area contributed by atoms with E-state index in [-0.39, 0.29) is 30.4 Å². The van der Waals surface area contributed by atoms with E-state index >= 15 is 0 Å². The molecule has 0 unspecified atom stereocenters. The molecule has 3 rings (SSSR count). The van der Waals surface area contributed by atoms with E-state index < -0.39 is 28.8 Å². The van der Waals surface area contributed by atoms with Gasteiger partial charge in [-0.05, 0) is 45.0 Å². The van der Waals surface area contributed by atoms with Gasteiger partial charge in [0.1, 0.15) is 5.82 Å². The summed E-state index contributed by atoms with van der Waals surface area (Å²) >= 11 is 0. The molecule has 31 heavy (non-hydrogen) atoms. The molecule has 2 aromatic rings. The normalized spacial score (nSPS) is 14.9. The molecule has 0 spiro atoms. The molecule has 0 atom stereocenters. The zero-order valence-corrected chi connectivity index (χ0v) is 18.6. The number of hydrogen-bond acceptors (Lipinski definition) is 5. The van der Waals surface area contributed by atoms with Crippen LogP contribution in [-0.2, 0) is 21.6 Å². The molecular formula is C22H27FN4O4. The van der Waals surface area contributed by atoms with Gasteiger partial charge in [-0.25, -0.2) is 9.18 Å². The highest BCUT2D eigenvalue weighted by molar-refractivity contribution is 6.04. The number of benzene rings is 1. The summed E-state index contributed by atoms with van der Waals surface area (Å²) in [5, 5.41) is 6.98. The predicted octanol–water partition coefficient (Wildman–Crippen LogP) is 3.90. The van der Waals surface area contributed by atoms with Crippen LogP contribution in [0, 0.1) is 11.2 Å². The summed E-state index contributed by atoms with van der Waals surface area (Å²) < 4.78 is 19.4. The Kier molecular flexibility index (Phi) is 5.64. The quantitative estimate of drug-likeness (QED) is 0.797. The second-order valence-corrected chi connectivity index (χ2v) is 8.95. The number of anilines is 1. The smallest absolute Gasteiger partial charge is 0.435 e. The van der Waals surface area contributed by atoms with Crippen LogP contribution in [0.3, 0.4) is 0 Å². The van der Waals surface area contributed by atoms with Crippen LogP contribution in [-0.4, -0.2) is 39.2 Å². The Morgan fingerprint density at radius 2 is 1.81 bits per heavy atom. The predicted molar refractivity (Wildman–Crippen MR) is 112 cm³/mol. The Balaban J connectivity index is 2.05. The van der Waals surface area contributed by atoms with E-state index in [4.69, 9.17) is 4.74 Å². The van der Waals surface area contributed by atoms with E-state index in [1.54, 1.807) is 11.8 Å². The van der Waals surface area contributed by atoms with Crippen LogP contribution < -0.4 is 5.32 Å². The van der Waals surface area contributed by atoms with Crippen molar-refractivity contribution in [2.24, 2.45) is 5.41 Å². The van der Waals surface area contributed by atoms with Gasteiger partial charge in [-0.3, -0.25) is 9.59 Å². The molecule has 166 valence electrons. The van der Waals surface area contributed by atoms with Crippen LogP contribution >= 0.6 is 0 Å². The third-order valence-electron chi connectivity index (χ3n) is 5.22. The van der Waals surface area contributed by atoms with Gasteiger partial charge in [0, 0.05) is 16.5 Å². The molecule has 1 aromatic carbocycles. The summed E-state index contributed by atoms with van der Waals surface area (Å²) in [6, 6.07) is 5.08. The fourth-order valence-electron chi connectivity index (χ4n) is 3.64. The first-order valence-electron chi connectivity index (χ1n) is 10.1. The number of carbonyl (C=O) groups is 3. The van der Waals surface area contributed by atoms with Crippen LogP contribution in [0.2, 0.25) is 0 Å². The molecule has 0 saturated carbocycles.